The summed E-state index contributed by atoms with van der Waals surface area (Å²) in [6.45, 7) is 3.71. The minimum absolute atomic E-state index is 0.151. The van der Waals surface area contributed by atoms with Crippen LogP contribution < -0.4 is 10.6 Å². The molecular formula is C20H22ClN3O5S. The molecule has 2 unspecified atom stereocenters. The second-order valence-electron chi connectivity index (χ2n) is 7.35. The molecule has 4 amide bonds. The molecule has 2 aromatic rings. The van der Waals surface area contributed by atoms with E-state index in [1.165, 1.54) is 11.3 Å². The lowest BCUT2D eigenvalue weighted by molar-refractivity contribution is -0.186. The van der Waals surface area contributed by atoms with Crippen molar-refractivity contribution in [3.8, 4) is 0 Å². The first-order valence-corrected chi connectivity index (χ1v) is 10.7. The van der Waals surface area contributed by atoms with Gasteiger partial charge < -0.3 is 5.32 Å². The van der Waals surface area contributed by atoms with Gasteiger partial charge in [0.1, 0.15) is 11.6 Å². The molecule has 1 aliphatic rings. The van der Waals surface area contributed by atoms with Crippen molar-refractivity contribution in [3.05, 3.63) is 33.7 Å². The molecule has 0 saturated carbocycles. The Labute approximate surface area is 182 Å². The summed E-state index contributed by atoms with van der Waals surface area (Å²) in [5.74, 6) is -1.03. The van der Waals surface area contributed by atoms with Crippen LogP contribution in [0.5, 0.6) is 0 Å². The topological polar surface area (TPSA) is 116 Å². The van der Waals surface area contributed by atoms with Crippen LogP contribution >= 0.6 is 22.9 Å². The number of ketones is 1. The van der Waals surface area contributed by atoms with Gasteiger partial charge in [-0.05, 0) is 42.5 Å². The Morgan fingerprint density at radius 2 is 2.13 bits per heavy atom. The van der Waals surface area contributed by atoms with Crippen LogP contribution in [0.15, 0.2) is 18.2 Å². The van der Waals surface area contributed by atoms with Crippen molar-refractivity contribution in [2.24, 2.45) is 0 Å². The van der Waals surface area contributed by atoms with Gasteiger partial charge in [0.2, 0.25) is 6.41 Å². The van der Waals surface area contributed by atoms with Gasteiger partial charge in [-0.1, -0.05) is 31.4 Å². The highest BCUT2D eigenvalue weighted by Crippen LogP contribution is 2.37. The summed E-state index contributed by atoms with van der Waals surface area (Å²) in [5, 5.41) is 16.8. The highest BCUT2D eigenvalue weighted by Gasteiger charge is 2.52. The van der Waals surface area contributed by atoms with E-state index in [-0.39, 0.29) is 25.0 Å². The van der Waals surface area contributed by atoms with Crippen LogP contribution in [-0.4, -0.2) is 46.0 Å². The number of carbonyl (C=O) groups excluding carboxylic acids is 4. The van der Waals surface area contributed by atoms with Crippen LogP contribution in [0.1, 0.15) is 47.8 Å². The monoisotopic (exact) mass is 451 g/mol. The Kier molecular flexibility index (Phi) is 6.44. The summed E-state index contributed by atoms with van der Waals surface area (Å²) in [6, 6.07) is 3.35. The summed E-state index contributed by atoms with van der Waals surface area (Å²) >= 11 is 7.36. The zero-order valence-corrected chi connectivity index (χ0v) is 18.1. The predicted molar refractivity (Wildman–Crippen MR) is 113 cm³/mol. The smallest absolute Gasteiger partial charge is 0.322 e. The molecule has 2 atom stereocenters. The summed E-state index contributed by atoms with van der Waals surface area (Å²) in [5.41, 5.74) is -0.867. The van der Waals surface area contributed by atoms with Crippen LogP contribution in [-0.2, 0) is 9.59 Å². The molecule has 8 nitrogen and oxygen atoms in total. The molecule has 1 aliphatic heterocycles. The van der Waals surface area contributed by atoms with Crippen molar-refractivity contribution < 1.29 is 24.4 Å². The third-order valence-corrected chi connectivity index (χ3v) is 7.00. The Bertz CT molecular complexity index is 1020. The number of amides is 4. The lowest BCUT2D eigenvalue weighted by atomic mass is 9.79. The van der Waals surface area contributed by atoms with E-state index in [1.807, 2.05) is 13.0 Å². The largest absolute Gasteiger partial charge is 0.324 e. The fraction of sp³-hybridized carbons (Fsp3) is 0.400. The number of nitrogens with zero attached hydrogens (tertiary/aromatic N) is 1. The maximum Gasteiger partial charge on any atom is 0.322 e. The van der Waals surface area contributed by atoms with Crippen LogP contribution in [0, 0.1) is 6.92 Å². The standard InChI is InChI=1S/C20H22ClN3O5S/c1-3-4-7-20(24(29)10-25,17-18(27)23-19(28)22-17)9-14(26)16-11(2)13-8-12(21)5-6-15(13)30-16/h5-6,8,10,17,29H,3-4,7,9H2,1-2H3,(H2,22,23,27,28). The number of unbranched alkanes of at least 4 members (excludes halogenated alkanes) is 1. The van der Waals surface area contributed by atoms with E-state index in [0.717, 1.165) is 15.6 Å². The Morgan fingerprint density at radius 1 is 1.40 bits per heavy atom. The van der Waals surface area contributed by atoms with Crippen molar-refractivity contribution in [1.82, 2.24) is 15.7 Å². The lowest BCUT2D eigenvalue weighted by Gasteiger charge is -2.40. The molecule has 1 aromatic heterocycles. The molecule has 1 aromatic carbocycles. The van der Waals surface area contributed by atoms with E-state index in [2.05, 4.69) is 10.6 Å². The van der Waals surface area contributed by atoms with E-state index in [0.29, 0.717) is 27.8 Å². The second kappa shape index (κ2) is 8.71. The number of aryl methyl sites for hydroxylation is 1. The van der Waals surface area contributed by atoms with Gasteiger partial charge in [-0.25, -0.2) is 9.86 Å². The molecule has 0 bridgehead atoms. The van der Waals surface area contributed by atoms with Crippen LogP contribution in [0.4, 0.5) is 4.79 Å². The molecule has 3 N–H and O–H groups in total. The highest BCUT2D eigenvalue weighted by atomic mass is 35.5. The molecule has 160 valence electrons. The van der Waals surface area contributed by atoms with Gasteiger partial charge in [0.15, 0.2) is 5.78 Å². The quantitative estimate of drug-likeness (QED) is 0.177. The number of rotatable bonds is 9. The summed E-state index contributed by atoms with van der Waals surface area (Å²) in [7, 11) is 0. The maximum absolute atomic E-state index is 13.3. The number of hydrogen-bond acceptors (Lipinski definition) is 6. The van der Waals surface area contributed by atoms with Crippen molar-refractivity contribution in [2.75, 3.05) is 0 Å². The zero-order valence-electron chi connectivity index (χ0n) is 16.5. The number of thiophene rings is 1. The molecule has 0 spiro atoms. The number of fused-ring (bicyclic) bond motifs is 1. The third-order valence-electron chi connectivity index (χ3n) is 5.45. The molecule has 2 heterocycles. The maximum atomic E-state index is 13.3. The number of imide groups is 1. The minimum Gasteiger partial charge on any atom is -0.324 e. The van der Waals surface area contributed by atoms with Crippen molar-refractivity contribution >= 4 is 57.2 Å². The van der Waals surface area contributed by atoms with E-state index in [4.69, 9.17) is 11.6 Å². The first kappa shape index (κ1) is 22.2. The molecule has 10 heteroatoms. The number of benzene rings is 1. The second-order valence-corrected chi connectivity index (χ2v) is 8.84. The normalized spacial score (nSPS) is 18.1. The molecular weight excluding hydrogens is 430 g/mol. The van der Waals surface area contributed by atoms with E-state index in [1.54, 1.807) is 19.1 Å². The Morgan fingerprint density at radius 3 is 2.73 bits per heavy atom. The van der Waals surface area contributed by atoms with Gasteiger partial charge in [-0.2, -0.15) is 0 Å². The fourth-order valence-corrected chi connectivity index (χ4v) is 5.16. The number of halogens is 1. The fourth-order valence-electron chi connectivity index (χ4n) is 3.86. The van der Waals surface area contributed by atoms with Crippen molar-refractivity contribution in [3.63, 3.8) is 0 Å². The number of hydrogen-bond donors (Lipinski definition) is 3. The molecule has 1 saturated heterocycles. The highest BCUT2D eigenvalue weighted by molar-refractivity contribution is 7.21. The summed E-state index contributed by atoms with van der Waals surface area (Å²) < 4.78 is 0.877. The van der Waals surface area contributed by atoms with Gasteiger partial charge in [0.25, 0.3) is 5.91 Å². The number of carbonyl (C=O) groups is 4. The lowest BCUT2D eigenvalue weighted by Crippen LogP contribution is -2.62. The van der Waals surface area contributed by atoms with Gasteiger partial charge in [-0.15, -0.1) is 11.3 Å². The van der Waals surface area contributed by atoms with Crippen LogP contribution in [0.3, 0.4) is 0 Å². The van der Waals surface area contributed by atoms with Gasteiger partial charge >= 0.3 is 6.03 Å². The molecule has 3 rings (SSSR count). The number of urea groups is 1. The van der Waals surface area contributed by atoms with E-state index >= 15 is 0 Å². The molecule has 0 aliphatic carbocycles. The third kappa shape index (κ3) is 3.92. The summed E-state index contributed by atoms with van der Waals surface area (Å²) in [4.78, 5) is 49.5. The number of hydroxylamine groups is 2. The van der Waals surface area contributed by atoms with Crippen LogP contribution in [0.25, 0.3) is 10.1 Å². The SMILES string of the molecule is CCCCC(CC(=O)c1sc2ccc(Cl)cc2c1C)(C1NC(=O)NC1=O)N(O)C=O. The Balaban J connectivity index is 2.04. The summed E-state index contributed by atoms with van der Waals surface area (Å²) in [6.07, 6.45) is 1.21. The number of nitrogens with one attached hydrogen (secondary N) is 2. The minimum atomic E-state index is -1.61. The molecule has 1 fully saturated rings. The van der Waals surface area contributed by atoms with Crippen LogP contribution in [0.2, 0.25) is 5.02 Å². The predicted octanol–water partition coefficient (Wildman–Crippen LogP) is 3.42. The average Bonchev–Trinajstić information content (AvgIpc) is 3.23. The number of Topliss-reactive ketones (excluding diaryl/α,β-unsaturated/α-hetero) is 1. The van der Waals surface area contributed by atoms with Crippen molar-refractivity contribution in [2.45, 2.75) is 51.1 Å². The van der Waals surface area contributed by atoms with Gasteiger partial charge in [-0.3, -0.25) is 24.9 Å². The van der Waals surface area contributed by atoms with E-state index < -0.39 is 23.5 Å². The Hall–Kier alpha value is -2.49. The van der Waals surface area contributed by atoms with Gasteiger partial charge in [0.05, 0.1) is 4.88 Å². The first-order chi connectivity index (χ1) is 14.2. The zero-order chi connectivity index (χ0) is 22.1. The first-order valence-electron chi connectivity index (χ1n) is 9.50. The van der Waals surface area contributed by atoms with Gasteiger partial charge in [0, 0.05) is 16.1 Å². The molecule has 0 radical (unpaired) electrons. The van der Waals surface area contributed by atoms with E-state index in [9.17, 15) is 24.4 Å². The van der Waals surface area contributed by atoms with Crippen molar-refractivity contribution in [1.29, 1.82) is 0 Å². The average molecular weight is 452 g/mol. The molecule has 30 heavy (non-hydrogen) atoms.